The van der Waals surface area contributed by atoms with Gasteiger partial charge in [-0.3, -0.25) is 0 Å². The molecule has 3 aromatic carbocycles. The first-order valence-corrected chi connectivity index (χ1v) is 15.2. The predicted octanol–water partition coefficient (Wildman–Crippen LogP) is 7.49. The van der Waals surface area contributed by atoms with E-state index in [1.54, 1.807) is 47.1 Å². The van der Waals surface area contributed by atoms with Gasteiger partial charge in [-0.25, -0.2) is 23.3 Å². The average molecular weight is 656 g/mol. The summed E-state index contributed by atoms with van der Waals surface area (Å²) in [5.74, 6) is -0.708. The second-order valence-electron chi connectivity index (χ2n) is 11.2. The maximum Gasteiger partial charge on any atom is 0.227 e. The second-order valence-corrected chi connectivity index (χ2v) is 11.6. The van der Waals surface area contributed by atoms with Crippen molar-refractivity contribution in [1.29, 1.82) is 0 Å². The normalized spacial score (nSPS) is 12.0. The van der Waals surface area contributed by atoms with Gasteiger partial charge in [0.05, 0.1) is 27.4 Å². The first-order chi connectivity index (χ1) is 22.7. The van der Waals surface area contributed by atoms with Crippen LogP contribution in [0.25, 0.3) is 28.0 Å². The van der Waals surface area contributed by atoms with Crippen molar-refractivity contribution in [3.8, 4) is 28.3 Å². The zero-order valence-corrected chi connectivity index (χ0v) is 26.6. The highest BCUT2D eigenvalue weighted by Crippen LogP contribution is 2.36. The summed E-state index contributed by atoms with van der Waals surface area (Å²) in [4.78, 5) is 11.3. The Morgan fingerprint density at radius 1 is 1.00 bits per heavy atom. The Kier molecular flexibility index (Phi) is 9.30. The summed E-state index contributed by atoms with van der Waals surface area (Å²) >= 11 is 6.49. The lowest BCUT2D eigenvalue weighted by Crippen LogP contribution is -2.19. The van der Waals surface area contributed by atoms with E-state index in [9.17, 15) is 13.9 Å². The van der Waals surface area contributed by atoms with Crippen LogP contribution in [-0.4, -0.2) is 56.8 Å². The molecular formula is C35H32ClF2N7O2. The average Bonchev–Trinajstić information content (AvgIpc) is 3.44. The maximum absolute atomic E-state index is 14.7. The third-order valence-electron chi connectivity index (χ3n) is 7.47. The first kappa shape index (κ1) is 31.9. The SMILES string of the molecule is Cc1ccc(F)c(C(O)Nc2cccc(-c3nn4ccccc4c3-c3ccnc(Nc4ccc(OCCN(C)C)c(Cl)c4)n3)c2)c1F. The highest BCUT2D eigenvalue weighted by molar-refractivity contribution is 6.32. The highest BCUT2D eigenvalue weighted by Gasteiger charge is 2.22. The lowest BCUT2D eigenvalue weighted by Gasteiger charge is -2.17. The van der Waals surface area contributed by atoms with Crippen molar-refractivity contribution in [3.63, 3.8) is 0 Å². The van der Waals surface area contributed by atoms with Crippen molar-refractivity contribution in [2.45, 2.75) is 13.2 Å². The molecule has 9 nitrogen and oxygen atoms in total. The minimum atomic E-state index is -1.62. The van der Waals surface area contributed by atoms with Gasteiger partial charge in [-0.1, -0.05) is 35.9 Å². The number of likely N-dealkylation sites (N-methyl/N-ethyl adjacent to an activating group) is 1. The number of benzene rings is 3. The Morgan fingerprint density at radius 3 is 2.66 bits per heavy atom. The number of nitrogens with one attached hydrogen (secondary N) is 2. The number of fused-ring (bicyclic) bond motifs is 1. The lowest BCUT2D eigenvalue weighted by atomic mass is 10.0. The van der Waals surface area contributed by atoms with Gasteiger partial charge in [0, 0.05) is 35.9 Å². The molecule has 240 valence electrons. The molecule has 0 fully saturated rings. The number of aryl methyl sites for hydroxylation is 1. The minimum absolute atomic E-state index is 0.230. The van der Waals surface area contributed by atoms with E-state index in [4.69, 9.17) is 26.4 Å². The molecule has 0 bridgehead atoms. The van der Waals surface area contributed by atoms with Gasteiger partial charge in [-0.2, -0.15) is 5.10 Å². The second kappa shape index (κ2) is 13.7. The topological polar surface area (TPSA) is 99.8 Å². The van der Waals surface area contributed by atoms with Crippen molar-refractivity contribution < 1.29 is 18.6 Å². The van der Waals surface area contributed by atoms with Crippen LogP contribution >= 0.6 is 11.6 Å². The predicted molar refractivity (Wildman–Crippen MR) is 180 cm³/mol. The van der Waals surface area contributed by atoms with Gasteiger partial charge in [0.25, 0.3) is 0 Å². The van der Waals surface area contributed by atoms with E-state index in [-0.39, 0.29) is 5.56 Å². The van der Waals surface area contributed by atoms with E-state index in [2.05, 4.69) is 15.6 Å². The number of aliphatic hydroxyl groups excluding tert-OH is 1. The van der Waals surface area contributed by atoms with Crippen LogP contribution in [0.1, 0.15) is 17.4 Å². The fraction of sp³-hybridized carbons (Fsp3) is 0.171. The number of hydrogen-bond donors (Lipinski definition) is 3. The summed E-state index contributed by atoms with van der Waals surface area (Å²) in [6, 6.07) is 22.5. The Balaban J connectivity index is 1.30. The van der Waals surface area contributed by atoms with Crippen LogP contribution in [0.4, 0.5) is 26.1 Å². The van der Waals surface area contributed by atoms with Crippen LogP contribution in [0.3, 0.4) is 0 Å². The molecule has 6 rings (SSSR count). The van der Waals surface area contributed by atoms with E-state index in [0.717, 1.165) is 23.7 Å². The molecule has 0 radical (unpaired) electrons. The summed E-state index contributed by atoms with van der Waals surface area (Å²) in [6.45, 7) is 2.79. The number of anilines is 3. The van der Waals surface area contributed by atoms with Crippen LogP contribution in [-0.2, 0) is 0 Å². The molecule has 0 aliphatic rings. The van der Waals surface area contributed by atoms with Crippen LogP contribution in [0.2, 0.25) is 5.02 Å². The third kappa shape index (κ3) is 7.02. The van der Waals surface area contributed by atoms with Crippen LogP contribution in [0.15, 0.2) is 91.3 Å². The molecule has 0 aliphatic carbocycles. The van der Waals surface area contributed by atoms with E-state index in [1.807, 2.05) is 55.5 Å². The number of aromatic nitrogens is 4. The molecule has 0 saturated carbocycles. The zero-order valence-electron chi connectivity index (χ0n) is 25.9. The summed E-state index contributed by atoms with van der Waals surface area (Å²) in [7, 11) is 3.95. The van der Waals surface area contributed by atoms with Gasteiger partial charge in [0.1, 0.15) is 29.7 Å². The van der Waals surface area contributed by atoms with Crippen LogP contribution in [0.5, 0.6) is 5.75 Å². The molecule has 47 heavy (non-hydrogen) atoms. The highest BCUT2D eigenvalue weighted by atomic mass is 35.5. The Bertz CT molecular complexity index is 2050. The molecule has 3 heterocycles. The summed E-state index contributed by atoms with van der Waals surface area (Å²) in [5.41, 5.74) is 4.36. The largest absolute Gasteiger partial charge is 0.491 e. The smallest absolute Gasteiger partial charge is 0.227 e. The molecule has 0 spiro atoms. The molecule has 1 unspecified atom stereocenters. The van der Waals surface area contributed by atoms with Gasteiger partial charge in [-0.15, -0.1) is 0 Å². The molecule has 0 amide bonds. The number of aliphatic hydroxyl groups is 1. The Hall–Kier alpha value is -5.10. The molecule has 0 saturated heterocycles. The first-order valence-electron chi connectivity index (χ1n) is 14.8. The molecule has 1 atom stereocenters. The van der Waals surface area contributed by atoms with Gasteiger partial charge >= 0.3 is 0 Å². The molecule has 0 aliphatic heterocycles. The van der Waals surface area contributed by atoms with Gasteiger partial charge < -0.3 is 25.4 Å². The monoisotopic (exact) mass is 655 g/mol. The van der Waals surface area contributed by atoms with Gasteiger partial charge in [0.2, 0.25) is 5.95 Å². The van der Waals surface area contributed by atoms with Crippen molar-refractivity contribution in [1.82, 2.24) is 24.5 Å². The maximum atomic E-state index is 14.7. The van der Waals surface area contributed by atoms with E-state index in [0.29, 0.717) is 51.7 Å². The number of rotatable bonds is 11. The molecule has 12 heteroatoms. The van der Waals surface area contributed by atoms with Gasteiger partial charge in [-0.05, 0) is 81.2 Å². The number of halogens is 3. The minimum Gasteiger partial charge on any atom is -0.491 e. The fourth-order valence-electron chi connectivity index (χ4n) is 5.09. The number of nitrogens with zero attached hydrogens (tertiary/aromatic N) is 5. The molecule has 3 aromatic heterocycles. The molecular weight excluding hydrogens is 624 g/mol. The number of pyridine rings is 1. The van der Waals surface area contributed by atoms with E-state index in [1.165, 1.54) is 13.0 Å². The van der Waals surface area contributed by atoms with Gasteiger partial charge in [0.15, 0.2) is 6.23 Å². The lowest BCUT2D eigenvalue weighted by molar-refractivity contribution is 0.197. The Morgan fingerprint density at radius 2 is 1.85 bits per heavy atom. The number of ether oxygens (including phenoxy) is 1. The number of hydrogen-bond acceptors (Lipinski definition) is 8. The summed E-state index contributed by atoms with van der Waals surface area (Å²) in [6.07, 6.45) is 1.87. The zero-order chi connectivity index (χ0) is 33.1. The fourth-order valence-corrected chi connectivity index (χ4v) is 5.32. The van der Waals surface area contributed by atoms with Crippen LogP contribution < -0.4 is 15.4 Å². The quantitative estimate of drug-likeness (QED) is 0.124. The molecule has 3 N–H and O–H groups in total. The molecule has 6 aromatic rings. The van der Waals surface area contributed by atoms with E-state index < -0.39 is 23.4 Å². The van der Waals surface area contributed by atoms with E-state index >= 15 is 0 Å². The Labute approximate surface area is 275 Å². The standard InChI is InChI=1S/C35H32ClF2N7O2/c1-21-10-12-26(37)30(32(21)38)34(46)40-23-8-6-7-22(19-23)33-31(28-9-4-5-16-45(28)43-33)27-14-15-39-35(42-27)41-24-11-13-29(25(36)20-24)47-18-17-44(2)3/h4-16,19-20,34,40,46H,17-18H2,1-3H3,(H,39,41,42). The van der Waals surface area contributed by atoms with Crippen molar-refractivity contribution in [2.24, 2.45) is 0 Å². The van der Waals surface area contributed by atoms with Crippen LogP contribution in [0, 0.1) is 18.6 Å². The summed E-state index contributed by atoms with van der Waals surface area (Å²) < 4.78 is 36.7. The van der Waals surface area contributed by atoms with Crippen molar-refractivity contribution >= 4 is 34.4 Å². The summed E-state index contributed by atoms with van der Waals surface area (Å²) in [5, 5.41) is 22.1. The third-order valence-corrected chi connectivity index (χ3v) is 7.76. The van der Waals surface area contributed by atoms with Crippen molar-refractivity contribution in [2.75, 3.05) is 37.9 Å². The van der Waals surface area contributed by atoms with Crippen molar-refractivity contribution in [3.05, 3.63) is 119 Å².